The van der Waals surface area contributed by atoms with Gasteiger partial charge in [0.25, 0.3) is 15.9 Å². The highest BCUT2D eigenvalue weighted by Gasteiger charge is 2.33. The van der Waals surface area contributed by atoms with E-state index in [0.717, 1.165) is 0 Å². The molecule has 1 aliphatic rings. The maximum absolute atomic E-state index is 13.1. The summed E-state index contributed by atoms with van der Waals surface area (Å²) < 4.78 is 27.2. The summed E-state index contributed by atoms with van der Waals surface area (Å²) >= 11 is 0. The lowest BCUT2D eigenvalue weighted by Crippen LogP contribution is -2.35. The first kappa shape index (κ1) is 22.5. The van der Waals surface area contributed by atoms with E-state index in [1.165, 1.54) is 6.07 Å². The summed E-state index contributed by atoms with van der Waals surface area (Å²) in [6.45, 7) is 6.15. The van der Waals surface area contributed by atoms with Crippen molar-refractivity contribution in [2.24, 2.45) is 10.9 Å². The second kappa shape index (κ2) is 9.30. The van der Waals surface area contributed by atoms with Crippen molar-refractivity contribution in [3.63, 3.8) is 0 Å². The topological polar surface area (TPSA) is 117 Å². The second-order valence-electron chi connectivity index (χ2n) is 7.34. The summed E-state index contributed by atoms with van der Waals surface area (Å²) in [4.78, 5) is 29.8. The number of benzene rings is 2. The lowest BCUT2D eigenvalue weighted by atomic mass is 9.98. The molecule has 2 atom stereocenters. The van der Waals surface area contributed by atoms with Gasteiger partial charge < -0.3 is 10.6 Å². The van der Waals surface area contributed by atoms with Crippen LogP contribution in [0.2, 0.25) is 0 Å². The first-order chi connectivity index (χ1) is 14.8. The predicted octanol–water partition coefficient (Wildman–Crippen LogP) is 2.53. The Morgan fingerprint density at radius 2 is 1.84 bits per heavy atom. The Bertz CT molecular complexity index is 1130. The maximum atomic E-state index is 13.1. The highest BCUT2D eigenvalue weighted by molar-refractivity contribution is 7.90. The van der Waals surface area contributed by atoms with Gasteiger partial charge in [-0.3, -0.25) is 19.3 Å². The van der Waals surface area contributed by atoms with E-state index in [9.17, 15) is 18.0 Å². The van der Waals surface area contributed by atoms with Crippen molar-refractivity contribution in [1.82, 2.24) is 10.0 Å². The number of nitrogens with one attached hydrogen (secondary N) is 3. The number of rotatable bonds is 7. The molecule has 9 heteroatoms. The Hall–Kier alpha value is -3.20. The second-order valence-corrected chi connectivity index (χ2v) is 8.99. The van der Waals surface area contributed by atoms with E-state index < -0.39 is 16.1 Å². The molecular formula is C22H26N4O4S. The number of amides is 2. The number of fused-ring (bicyclic) bond motifs is 1. The Kier molecular flexibility index (Phi) is 6.74. The number of hydrogen-bond donors (Lipinski definition) is 3. The fourth-order valence-electron chi connectivity index (χ4n) is 3.25. The molecule has 2 aromatic rings. The molecule has 3 rings (SSSR count). The molecule has 0 aliphatic carbocycles. The molecule has 0 spiro atoms. The number of amidine groups is 1. The van der Waals surface area contributed by atoms with Crippen molar-refractivity contribution in [2.45, 2.75) is 38.1 Å². The number of carbonyl (C=O) groups is 2. The quantitative estimate of drug-likeness (QED) is 0.611. The Morgan fingerprint density at radius 3 is 2.55 bits per heavy atom. The van der Waals surface area contributed by atoms with Crippen LogP contribution in [0.15, 0.2) is 58.4 Å². The normalized spacial score (nSPS) is 17.3. The van der Waals surface area contributed by atoms with Gasteiger partial charge >= 0.3 is 0 Å². The highest BCUT2D eigenvalue weighted by atomic mass is 32.2. The van der Waals surface area contributed by atoms with E-state index in [0.29, 0.717) is 29.8 Å². The van der Waals surface area contributed by atoms with Crippen LogP contribution in [0.5, 0.6) is 0 Å². The molecule has 0 fully saturated rings. The van der Waals surface area contributed by atoms with Gasteiger partial charge in [0.15, 0.2) is 0 Å². The molecular weight excluding hydrogens is 416 g/mol. The molecule has 2 amide bonds. The fourth-order valence-corrected chi connectivity index (χ4v) is 4.49. The molecule has 8 nitrogen and oxygen atoms in total. The molecule has 1 aliphatic heterocycles. The third-order valence-electron chi connectivity index (χ3n) is 5.11. The fraction of sp³-hybridized carbons (Fsp3) is 0.318. The zero-order chi connectivity index (χ0) is 22.6. The summed E-state index contributed by atoms with van der Waals surface area (Å²) in [5, 5.41) is 5.53. The molecule has 31 heavy (non-hydrogen) atoms. The lowest BCUT2D eigenvalue weighted by Gasteiger charge is -2.19. The lowest BCUT2D eigenvalue weighted by molar-refractivity contribution is -0.118. The maximum Gasteiger partial charge on any atom is 0.263 e. The molecule has 2 aromatic carbocycles. The average molecular weight is 443 g/mol. The van der Waals surface area contributed by atoms with E-state index >= 15 is 0 Å². The van der Waals surface area contributed by atoms with Crippen LogP contribution in [0.1, 0.15) is 43.1 Å². The van der Waals surface area contributed by atoms with Crippen LogP contribution in [0, 0.1) is 5.92 Å². The number of hydrogen-bond acceptors (Lipinski definition) is 5. The molecule has 1 heterocycles. The van der Waals surface area contributed by atoms with Gasteiger partial charge in [-0.05, 0) is 43.2 Å². The third-order valence-corrected chi connectivity index (χ3v) is 6.51. The van der Waals surface area contributed by atoms with Crippen molar-refractivity contribution >= 4 is 33.4 Å². The molecule has 0 saturated heterocycles. The average Bonchev–Trinajstić information content (AvgIpc) is 3.02. The van der Waals surface area contributed by atoms with Crippen molar-refractivity contribution in [1.29, 1.82) is 0 Å². The SMILES string of the molecule is CCNC(=O)c1cccc(NC(=O)[C@@H](N=C2NS(=O)(=O)c3ccccc32)[C@@H](C)CC)c1. The molecule has 0 radical (unpaired) electrons. The van der Waals surface area contributed by atoms with Gasteiger partial charge in [-0.25, -0.2) is 8.42 Å². The Morgan fingerprint density at radius 1 is 1.10 bits per heavy atom. The van der Waals surface area contributed by atoms with Crippen LogP contribution < -0.4 is 15.4 Å². The molecule has 0 bridgehead atoms. The van der Waals surface area contributed by atoms with Crippen molar-refractivity contribution < 1.29 is 18.0 Å². The van der Waals surface area contributed by atoms with Crippen molar-refractivity contribution in [2.75, 3.05) is 11.9 Å². The summed E-state index contributed by atoms with van der Waals surface area (Å²) in [5.74, 6) is -0.587. The summed E-state index contributed by atoms with van der Waals surface area (Å²) in [7, 11) is -3.69. The van der Waals surface area contributed by atoms with E-state index in [1.54, 1.807) is 42.5 Å². The number of anilines is 1. The van der Waals surface area contributed by atoms with Gasteiger partial charge in [-0.1, -0.05) is 38.5 Å². The predicted molar refractivity (Wildman–Crippen MR) is 120 cm³/mol. The van der Waals surface area contributed by atoms with E-state index in [4.69, 9.17) is 0 Å². The Balaban J connectivity index is 1.89. The number of sulfonamides is 1. The first-order valence-corrected chi connectivity index (χ1v) is 11.6. The third kappa shape index (κ3) is 4.93. The molecule has 0 saturated carbocycles. The summed E-state index contributed by atoms with van der Waals surface area (Å²) in [5.41, 5.74) is 1.35. The summed E-state index contributed by atoms with van der Waals surface area (Å²) in [6.07, 6.45) is 0.669. The molecule has 0 aromatic heterocycles. The van der Waals surface area contributed by atoms with Gasteiger partial charge in [0.1, 0.15) is 11.9 Å². The highest BCUT2D eigenvalue weighted by Crippen LogP contribution is 2.24. The Labute approximate surface area is 182 Å². The van der Waals surface area contributed by atoms with Gasteiger partial charge in [0.2, 0.25) is 5.91 Å². The smallest absolute Gasteiger partial charge is 0.263 e. The van der Waals surface area contributed by atoms with E-state index in [1.807, 2.05) is 20.8 Å². The number of carbonyl (C=O) groups excluding carboxylic acids is 2. The van der Waals surface area contributed by atoms with Crippen LogP contribution in [-0.4, -0.2) is 38.7 Å². The van der Waals surface area contributed by atoms with Crippen LogP contribution in [0.3, 0.4) is 0 Å². The minimum absolute atomic E-state index is 0.142. The molecule has 164 valence electrons. The van der Waals surface area contributed by atoms with E-state index in [2.05, 4.69) is 20.3 Å². The monoisotopic (exact) mass is 442 g/mol. The van der Waals surface area contributed by atoms with Gasteiger partial charge in [-0.15, -0.1) is 0 Å². The minimum atomic E-state index is -3.69. The summed E-state index contributed by atoms with van der Waals surface area (Å²) in [6, 6.07) is 12.3. The molecule has 3 N–H and O–H groups in total. The largest absolute Gasteiger partial charge is 0.352 e. The van der Waals surface area contributed by atoms with Gasteiger partial charge in [0.05, 0.1) is 4.90 Å². The van der Waals surface area contributed by atoms with Crippen LogP contribution >= 0.6 is 0 Å². The standard InChI is InChI=1S/C22H26N4O4S/c1-4-14(3)19(25-20-17-11-6-7-12-18(17)31(29,30)26-20)22(28)24-16-10-8-9-15(13-16)21(27)23-5-2/h6-14,19H,4-5H2,1-3H3,(H,23,27)(H,24,28)(H,25,26)/t14-,19-/m0/s1. The molecule has 0 unspecified atom stereocenters. The zero-order valence-corrected chi connectivity index (χ0v) is 18.5. The number of nitrogens with zero attached hydrogens (tertiary/aromatic N) is 1. The van der Waals surface area contributed by atoms with Crippen LogP contribution in [0.25, 0.3) is 0 Å². The van der Waals surface area contributed by atoms with Crippen LogP contribution in [0.4, 0.5) is 5.69 Å². The van der Waals surface area contributed by atoms with Crippen molar-refractivity contribution in [3.05, 3.63) is 59.7 Å². The van der Waals surface area contributed by atoms with Crippen molar-refractivity contribution in [3.8, 4) is 0 Å². The van der Waals surface area contributed by atoms with Crippen LogP contribution in [-0.2, 0) is 14.8 Å². The zero-order valence-electron chi connectivity index (χ0n) is 17.7. The first-order valence-electron chi connectivity index (χ1n) is 10.2. The van der Waals surface area contributed by atoms with Gasteiger partial charge in [-0.2, -0.15) is 0 Å². The van der Waals surface area contributed by atoms with E-state index in [-0.39, 0.29) is 28.5 Å². The number of aliphatic imine (C=N–C) groups is 1. The van der Waals surface area contributed by atoms with Gasteiger partial charge in [0, 0.05) is 23.4 Å². The minimum Gasteiger partial charge on any atom is -0.352 e.